The Hall–Kier alpha value is -2.56. The normalized spacial score (nSPS) is 10.8. The predicted octanol–water partition coefficient (Wildman–Crippen LogP) is 2.27. The van der Waals surface area contributed by atoms with E-state index in [4.69, 9.17) is 0 Å². The second kappa shape index (κ2) is 5.21. The summed E-state index contributed by atoms with van der Waals surface area (Å²) in [6.45, 7) is 2.68. The zero-order chi connectivity index (χ0) is 13.9. The van der Waals surface area contributed by atoms with Gasteiger partial charge < -0.3 is 0 Å². The summed E-state index contributed by atoms with van der Waals surface area (Å²) < 4.78 is 1.74. The molecular formula is C15H14N4O. The van der Waals surface area contributed by atoms with Crippen LogP contribution in [0.3, 0.4) is 0 Å². The lowest BCUT2D eigenvalue weighted by atomic mass is 10.0. The van der Waals surface area contributed by atoms with Crippen molar-refractivity contribution in [1.82, 2.24) is 19.7 Å². The smallest absolute Gasteiger partial charge is 0.171 e. The van der Waals surface area contributed by atoms with Gasteiger partial charge in [0.1, 0.15) is 12.2 Å². The van der Waals surface area contributed by atoms with Crippen LogP contribution in [0.25, 0.3) is 10.9 Å². The summed E-state index contributed by atoms with van der Waals surface area (Å²) >= 11 is 0. The number of rotatable bonds is 4. The molecule has 0 aliphatic rings. The van der Waals surface area contributed by atoms with Gasteiger partial charge in [-0.05, 0) is 19.1 Å². The highest BCUT2D eigenvalue weighted by Crippen LogP contribution is 2.18. The van der Waals surface area contributed by atoms with E-state index >= 15 is 0 Å². The molecule has 0 amide bonds. The quantitative estimate of drug-likeness (QED) is 0.680. The molecule has 3 aromatic rings. The van der Waals surface area contributed by atoms with Crippen LogP contribution in [0.1, 0.15) is 23.1 Å². The van der Waals surface area contributed by atoms with Crippen LogP contribution in [0.5, 0.6) is 0 Å². The zero-order valence-corrected chi connectivity index (χ0v) is 11.2. The third kappa shape index (κ3) is 2.18. The molecule has 2 aromatic heterocycles. The number of aryl methyl sites for hydroxylation is 1. The van der Waals surface area contributed by atoms with Crippen molar-refractivity contribution in [1.29, 1.82) is 0 Å². The summed E-state index contributed by atoms with van der Waals surface area (Å²) in [5.74, 6) is 0.727. The molecule has 100 valence electrons. The molecule has 0 saturated heterocycles. The minimum atomic E-state index is 0.0336. The van der Waals surface area contributed by atoms with Crippen LogP contribution < -0.4 is 0 Å². The first kappa shape index (κ1) is 12.5. The highest BCUT2D eigenvalue weighted by atomic mass is 16.1. The van der Waals surface area contributed by atoms with Crippen molar-refractivity contribution in [2.75, 3.05) is 0 Å². The van der Waals surface area contributed by atoms with Gasteiger partial charge in [0.15, 0.2) is 5.78 Å². The maximum Gasteiger partial charge on any atom is 0.171 e. The minimum absolute atomic E-state index is 0.0336. The first-order valence-corrected chi connectivity index (χ1v) is 6.53. The summed E-state index contributed by atoms with van der Waals surface area (Å²) in [5.41, 5.74) is 1.51. The maximum absolute atomic E-state index is 12.5. The summed E-state index contributed by atoms with van der Waals surface area (Å²) in [6, 6.07) is 9.35. The van der Waals surface area contributed by atoms with Crippen LogP contribution in [-0.2, 0) is 13.0 Å². The van der Waals surface area contributed by atoms with Crippen LogP contribution in [0, 0.1) is 0 Å². The largest absolute Gasteiger partial charge is 0.294 e. The molecule has 0 N–H and O–H groups in total. The molecule has 0 aliphatic carbocycles. The third-order valence-corrected chi connectivity index (χ3v) is 3.26. The molecule has 0 radical (unpaired) electrons. The number of aromatic nitrogens is 4. The number of Topliss-reactive ketones (excluding diaryl/α,β-unsaturated/α-hetero) is 1. The van der Waals surface area contributed by atoms with Gasteiger partial charge in [-0.25, -0.2) is 9.67 Å². The van der Waals surface area contributed by atoms with Crippen LogP contribution in [-0.4, -0.2) is 25.5 Å². The van der Waals surface area contributed by atoms with Gasteiger partial charge in [-0.1, -0.05) is 18.2 Å². The lowest BCUT2D eigenvalue weighted by molar-refractivity contribution is 0.0991. The fourth-order valence-corrected chi connectivity index (χ4v) is 2.27. The van der Waals surface area contributed by atoms with Gasteiger partial charge >= 0.3 is 0 Å². The second-order valence-electron chi connectivity index (χ2n) is 4.47. The molecule has 0 aliphatic heterocycles. The second-order valence-corrected chi connectivity index (χ2v) is 4.47. The van der Waals surface area contributed by atoms with E-state index in [0.717, 1.165) is 10.9 Å². The van der Waals surface area contributed by atoms with E-state index in [9.17, 15) is 4.79 Å². The van der Waals surface area contributed by atoms with E-state index in [0.29, 0.717) is 17.9 Å². The molecule has 5 nitrogen and oxygen atoms in total. The molecule has 0 spiro atoms. The number of carbonyl (C=O) groups excluding carboxylic acids is 1. The zero-order valence-electron chi connectivity index (χ0n) is 11.2. The minimum Gasteiger partial charge on any atom is -0.294 e. The standard InChI is InChI=1S/C15H14N4O/c1-2-19-15(17-10-18-19)9-14(20)12-5-3-7-13-11(12)6-4-8-16-13/h3-8,10H,2,9H2,1H3. The van der Waals surface area contributed by atoms with Gasteiger partial charge in [0.05, 0.1) is 11.9 Å². The molecular weight excluding hydrogens is 252 g/mol. The number of fused-ring (bicyclic) bond motifs is 1. The molecule has 0 fully saturated rings. The average molecular weight is 266 g/mol. The van der Waals surface area contributed by atoms with Crippen molar-refractivity contribution in [2.45, 2.75) is 19.9 Å². The monoisotopic (exact) mass is 266 g/mol. The first-order chi connectivity index (χ1) is 9.79. The lowest BCUT2D eigenvalue weighted by Gasteiger charge is -2.05. The van der Waals surface area contributed by atoms with Crippen molar-refractivity contribution < 1.29 is 4.79 Å². The van der Waals surface area contributed by atoms with Gasteiger partial charge in [-0.3, -0.25) is 9.78 Å². The molecule has 5 heteroatoms. The van der Waals surface area contributed by atoms with Gasteiger partial charge in [-0.15, -0.1) is 0 Å². The summed E-state index contributed by atoms with van der Waals surface area (Å²) in [4.78, 5) is 20.9. The molecule has 0 unspecified atom stereocenters. The van der Waals surface area contributed by atoms with E-state index in [2.05, 4.69) is 15.1 Å². The van der Waals surface area contributed by atoms with Crippen LogP contribution in [0.2, 0.25) is 0 Å². The highest BCUT2D eigenvalue weighted by molar-refractivity contribution is 6.07. The summed E-state index contributed by atoms with van der Waals surface area (Å²) in [7, 11) is 0. The molecule has 3 rings (SSSR count). The Morgan fingerprint density at radius 3 is 2.95 bits per heavy atom. The van der Waals surface area contributed by atoms with Crippen molar-refractivity contribution in [2.24, 2.45) is 0 Å². The topological polar surface area (TPSA) is 60.7 Å². The summed E-state index contributed by atoms with van der Waals surface area (Å²) in [5, 5.41) is 4.96. The number of hydrogen-bond acceptors (Lipinski definition) is 4. The maximum atomic E-state index is 12.5. The van der Waals surface area contributed by atoms with E-state index in [1.807, 2.05) is 37.3 Å². The fourth-order valence-electron chi connectivity index (χ4n) is 2.27. The first-order valence-electron chi connectivity index (χ1n) is 6.53. The van der Waals surface area contributed by atoms with Crippen molar-refractivity contribution in [3.05, 3.63) is 54.2 Å². The van der Waals surface area contributed by atoms with Crippen molar-refractivity contribution >= 4 is 16.7 Å². The predicted molar refractivity (Wildman–Crippen MR) is 75.5 cm³/mol. The van der Waals surface area contributed by atoms with E-state index in [1.165, 1.54) is 6.33 Å². The Balaban J connectivity index is 1.97. The number of hydrogen-bond donors (Lipinski definition) is 0. The van der Waals surface area contributed by atoms with Crippen molar-refractivity contribution in [3.8, 4) is 0 Å². The SMILES string of the molecule is CCn1ncnc1CC(=O)c1cccc2ncccc12. The van der Waals surface area contributed by atoms with Crippen LogP contribution in [0.15, 0.2) is 42.9 Å². The number of benzene rings is 1. The number of nitrogens with zero attached hydrogens (tertiary/aromatic N) is 4. The van der Waals surface area contributed by atoms with Crippen LogP contribution >= 0.6 is 0 Å². The Morgan fingerprint density at radius 1 is 1.20 bits per heavy atom. The van der Waals surface area contributed by atoms with E-state index < -0.39 is 0 Å². The summed E-state index contributed by atoms with van der Waals surface area (Å²) in [6.07, 6.45) is 3.46. The Kier molecular flexibility index (Phi) is 3.25. The molecule has 0 bridgehead atoms. The molecule has 2 heterocycles. The van der Waals surface area contributed by atoms with Crippen LogP contribution in [0.4, 0.5) is 0 Å². The Bertz CT molecular complexity index is 758. The van der Waals surface area contributed by atoms with Gasteiger partial charge in [-0.2, -0.15) is 5.10 Å². The average Bonchev–Trinajstić information content (AvgIpc) is 2.93. The van der Waals surface area contributed by atoms with Crippen molar-refractivity contribution in [3.63, 3.8) is 0 Å². The Morgan fingerprint density at radius 2 is 2.10 bits per heavy atom. The Labute approximate surface area is 116 Å². The lowest BCUT2D eigenvalue weighted by Crippen LogP contribution is -2.11. The van der Waals surface area contributed by atoms with Gasteiger partial charge in [0, 0.05) is 23.7 Å². The molecule has 20 heavy (non-hydrogen) atoms. The number of ketones is 1. The molecule has 0 atom stereocenters. The van der Waals surface area contributed by atoms with E-state index in [-0.39, 0.29) is 12.2 Å². The fraction of sp³-hybridized carbons (Fsp3) is 0.200. The molecule has 0 saturated carbocycles. The van der Waals surface area contributed by atoms with E-state index in [1.54, 1.807) is 10.9 Å². The number of carbonyl (C=O) groups is 1. The van der Waals surface area contributed by atoms with Gasteiger partial charge in [0.25, 0.3) is 0 Å². The number of pyridine rings is 1. The highest BCUT2D eigenvalue weighted by Gasteiger charge is 2.14. The molecule has 1 aromatic carbocycles. The van der Waals surface area contributed by atoms with Gasteiger partial charge in [0.2, 0.25) is 0 Å². The third-order valence-electron chi connectivity index (χ3n) is 3.26.